The van der Waals surface area contributed by atoms with Gasteiger partial charge in [0, 0.05) is 12.1 Å². The highest BCUT2D eigenvalue weighted by Gasteiger charge is 2.17. The van der Waals surface area contributed by atoms with Crippen molar-refractivity contribution in [2.45, 2.75) is 19.4 Å². The zero-order valence-electron chi connectivity index (χ0n) is 13.0. The number of amides is 1. The lowest BCUT2D eigenvalue weighted by Gasteiger charge is -2.25. The smallest absolute Gasteiger partial charge is 0.227 e. The third kappa shape index (κ3) is 4.01. The minimum absolute atomic E-state index is 0.00428. The lowest BCUT2D eigenvalue weighted by atomic mass is 10.1. The summed E-state index contributed by atoms with van der Waals surface area (Å²) in [6.45, 7) is 2.01. The summed E-state index contributed by atoms with van der Waals surface area (Å²) in [7, 11) is 3.44. The van der Waals surface area contributed by atoms with Crippen molar-refractivity contribution in [3.05, 3.63) is 64.7 Å². The van der Waals surface area contributed by atoms with Crippen molar-refractivity contribution in [1.29, 1.82) is 0 Å². The maximum atomic E-state index is 12.5. The molecule has 0 fully saturated rings. The first-order chi connectivity index (χ1) is 10.5. The molecule has 1 atom stereocenters. The third-order valence-electron chi connectivity index (χ3n) is 3.82. The second kappa shape index (κ2) is 7.32. The molecule has 2 rings (SSSR count). The number of hydrogen-bond donors (Lipinski definition) is 0. The Bertz CT molecular complexity index is 640. The van der Waals surface area contributed by atoms with Crippen LogP contribution in [0.2, 0.25) is 5.02 Å². The first-order valence-corrected chi connectivity index (χ1v) is 7.53. The van der Waals surface area contributed by atoms with E-state index in [0.29, 0.717) is 11.4 Å². The van der Waals surface area contributed by atoms with Crippen molar-refractivity contribution in [3.63, 3.8) is 0 Å². The Labute approximate surface area is 136 Å². The van der Waals surface area contributed by atoms with Crippen molar-refractivity contribution >= 4 is 17.5 Å². The fourth-order valence-electron chi connectivity index (χ4n) is 2.26. The highest BCUT2D eigenvalue weighted by atomic mass is 35.5. The summed E-state index contributed by atoms with van der Waals surface area (Å²) in [5.41, 5.74) is 2.00. The third-order valence-corrected chi connectivity index (χ3v) is 4.07. The van der Waals surface area contributed by atoms with Crippen LogP contribution in [0.1, 0.15) is 24.1 Å². The highest BCUT2D eigenvalue weighted by Crippen LogP contribution is 2.22. The van der Waals surface area contributed by atoms with Crippen LogP contribution in [-0.4, -0.2) is 25.0 Å². The molecule has 4 heteroatoms. The van der Waals surface area contributed by atoms with Crippen molar-refractivity contribution in [1.82, 2.24) is 4.90 Å². The number of nitrogens with zero attached hydrogens (tertiary/aromatic N) is 1. The average Bonchev–Trinajstić information content (AvgIpc) is 2.54. The predicted molar refractivity (Wildman–Crippen MR) is 89.3 cm³/mol. The molecule has 116 valence electrons. The summed E-state index contributed by atoms with van der Waals surface area (Å²) >= 11 is 5.90. The van der Waals surface area contributed by atoms with Gasteiger partial charge in [-0.1, -0.05) is 35.9 Å². The van der Waals surface area contributed by atoms with Gasteiger partial charge in [-0.2, -0.15) is 0 Å². The van der Waals surface area contributed by atoms with E-state index in [1.54, 1.807) is 12.0 Å². The van der Waals surface area contributed by atoms with Gasteiger partial charge in [-0.3, -0.25) is 4.79 Å². The van der Waals surface area contributed by atoms with E-state index in [4.69, 9.17) is 16.3 Å². The second-order valence-corrected chi connectivity index (χ2v) is 5.70. The molecule has 0 saturated heterocycles. The SMILES string of the molecule is COc1cccc(CC(=O)N(C)C(C)c2ccc(Cl)cc2)c1. The molecular formula is C18H20ClNO2. The number of likely N-dealkylation sites (N-methyl/N-ethyl adjacent to an activating group) is 1. The van der Waals surface area contributed by atoms with Crippen LogP contribution in [0.4, 0.5) is 0 Å². The standard InChI is InChI=1S/C18H20ClNO2/c1-13(15-7-9-16(19)10-8-15)20(2)18(21)12-14-5-4-6-17(11-14)22-3/h4-11,13H,12H2,1-3H3. The monoisotopic (exact) mass is 317 g/mol. The fraction of sp³-hybridized carbons (Fsp3) is 0.278. The van der Waals surface area contributed by atoms with E-state index in [1.807, 2.05) is 62.5 Å². The Balaban J connectivity index is 2.06. The molecule has 0 spiro atoms. The molecule has 0 aliphatic carbocycles. The zero-order valence-corrected chi connectivity index (χ0v) is 13.8. The summed E-state index contributed by atoms with van der Waals surface area (Å²) in [5.74, 6) is 0.828. The van der Waals surface area contributed by atoms with Crippen LogP contribution >= 0.6 is 11.6 Å². The first-order valence-electron chi connectivity index (χ1n) is 7.15. The van der Waals surface area contributed by atoms with Gasteiger partial charge in [-0.25, -0.2) is 0 Å². The Morgan fingerprint density at radius 1 is 1.23 bits per heavy atom. The van der Waals surface area contributed by atoms with Gasteiger partial charge in [0.2, 0.25) is 5.91 Å². The van der Waals surface area contributed by atoms with Gasteiger partial charge in [-0.15, -0.1) is 0 Å². The lowest BCUT2D eigenvalue weighted by molar-refractivity contribution is -0.131. The molecule has 0 radical (unpaired) electrons. The van der Waals surface area contributed by atoms with Crippen molar-refractivity contribution in [2.75, 3.05) is 14.2 Å². The van der Waals surface area contributed by atoms with E-state index in [9.17, 15) is 4.79 Å². The molecule has 0 N–H and O–H groups in total. The van der Waals surface area contributed by atoms with Crippen molar-refractivity contribution in [3.8, 4) is 5.75 Å². The molecule has 0 saturated carbocycles. The number of carbonyl (C=O) groups is 1. The molecule has 0 bridgehead atoms. The quantitative estimate of drug-likeness (QED) is 0.830. The van der Waals surface area contributed by atoms with Gasteiger partial charge < -0.3 is 9.64 Å². The van der Waals surface area contributed by atoms with Crippen LogP contribution in [0, 0.1) is 0 Å². The molecule has 2 aromatic rings. The number of halogens is 1. The van der Waals surface area contributed by atoms with Gasteiger partial charge >= 0.3 is 0 Å². The summed E-state index contributed by atoms with van der Waals surface area (Å²) in [6, 6.07) is 15.2. The average molecular weight is 318 g/mol. The second-order valence-electron chi connectivity index (χ2n) is 5.26. The Morgan fingerprint density at radius 3 is 2.55 bits per heavy atom. The largest absolute Gasteiger partial charge is 0.497 e. The van der Waals surface area contributed by atoms with Crippen LogP contribution in [0.3, 0.4) is 0 Å². The molecule has 0 aliphatic rings. The van der Waals surface area contributed by atoms with Crippen LogP contribution < -0.4 is 4.74 Å². The number of methoxy groups -OCH3 is 1. The van der Waals surface area contributed by atoms with Crippen LogP contribution in [-0.2, 0) is 11.2 Å². The molecule has 3 nitrogen and oxygen atoms in total. The zero-order chi connectivity index (χ0) is 16.1. The van der Waals surface area contributed by atoms with Gasteiger partial charge in [0.25, 0.3) is 0 Å². The molecule has 0 aliphatic heterocycles. The number of hydrogen-bond acceptors (Lipinski definition) is 2. The topological polar surface area (TPSA) is 29.5 Å². The van der Waals surface area contributed by atoms with Gasteiger partial charge in [0.15, 0.2) is 0 Å². The van der Waals surface area contributed by atoms with Crippen LogP contribution in [0.25, 0.3) is 0 Å². The molecule has 1 amide bonds. The van der Waals surface area contributed by atoms with Crippen LogP contribution in [0.5, 0.6) is 5.75 Å². The molecule has 0 aromatic heterocycles. The molecular weight excluding hydrogens is 298 g/mol. The van der Waals surface area contributed by atoms with Crippen molar-refractivity contribution < 1.29 is 9.53 Å². The maximum Gasteiger partial charge on any atom is 0.227 e. The first kappa shape index (κ1) is 16.4. The Hall–Kier alpha value is -2.00. The van der Waals surface area contributed by atoms with Crippen LogP contribution in [0.15, 0.2) is 48.5 Å². The number of rotatable bonds is 5. The van der Waals surface area contributed by atoms with Gasteiger partial charge in [0.1, 0.15) is 5.75 Å². The molecule has 2 aromatic carbocycles. The normalized spacial score (nSPS) is 11.8. The number of carbonyl (C=O) groups excluding carboxylic acids is 1. The minimum atomic E-state index is -0.00428. The fourth-order valence-corrected chi connectivity index (χ4v) is 2.39. The summed E-state index contributed by atoms with van der Waals surface area (Å²) < 4.78 is 5.19. The Morgan fingerprint density at radius 2 is 1.91 bits per heavy atom. The predicted octanol–water partition coefficient (Wildman–Crippen LogP) is 4.11. The summed E-state index contributed by atoms with van der Waals surface area (Å²) in [5, 5.41) is 0.696. The van der Waals surface area contributed by atoms with E-state index in [-0.39, 0.29) is 11.9 Å². The summed E-state index contributed by atoms with van der Waals surface area (Å²) in [4.78, 5) is 14.2. The molecule has 0 heterocycles. The van der Waals surface area contributed by atoms with E-state index in [0.717, 1.165) is 16.9 Å². The van der Waals surface area contributed by atoms with E-state index < -0.39 is 0 Å². The minimum Gasteiger partial charge on any atom is -0.497 e. The summed E-state index contributed by atoms with van der Waals surface area (Å²) in [6.07, 6.45) is 0.353. The van der Waals surface area contributed by atoms with E-state index in [2.05, 4.69) is 0 Å². The lowest BCUT2D eigenvalue weighted by Crippen LogP contribution is -2.30. The highest BCUT2D eigenvalue weighted by molar-refractivity contribution is 6.30. The number of ether oxygens (including phenoxy) is 1. The molecule has 1 unspecified atom stereocenters. The van der Waals surface area contributed by atoms with E-state index in [1.165, 1.54) is 0 Å². The van der Waals surface area contributed by atoms with E-state index >= 15 is 0 Å². The molecule has 22 heavy (non-hydrogen) atoms. The van der Waals surface area contributed by atoms with Gasteiger partial charge in [0.05, 0.1) is 19.6 Å². The Kier molecular flexibility index (Phi) is 5.45. The van der Waals surface area contributed by atoms with Crippen molar-refractivity contribution in [2.24, 2.45) is 0 Å². The van der Waals surface area contributed by atoms with Gasteiger partial charge in [-0.05, 0) is 42.3 Å². The number of benzene rings is 2. The maximum absolute atomic E-state index is 12.5.